The van der Waals surface area contributed by atoms with Gasteiger partial charge in [0, 0.05) is 12.6 Å². The molecular weight excluding hydrogens is 220 g/mol. The molecule has 1 atom stereocenters. The molecule has 1 N–H and O–H groups in total. The van der Waals surface area contributed by atoms with E-state index in [-0.39, 0.29) is 0 Å². The van der Waals surface area contributed by atoms with E-state index in [1.165, 1.54) is 45.2 Å². The van der Waals surface area contributed by atoms with Gasteiger partial charge in [-0.25, -0.2) is 0 Å². The van der Waals surface area contributed by atoms with Crippen molar-refractivity contribution in [3.63, 3.8) is 0 Å². The van der Waals surface area contributed by atoms with Crippen LogP contribution in [0.15, 0.2) is 0 Å². The van der Waals surface area contributed by atoms with Crippen LogP contribution < -0.4 is 5.32 Å². The Morgan fingerprint density at radius 3 is 1.89 bits per heavy atom. The summed E-state index contributed by atoms with van der Waals surface area (Å²) in [7, 11) is 0. The molecule has 0 aromatic heterocycles. The molecule has 18 heavy (non-hydrogen) atoms. The van der Waals surface area contributed by atoms with Crippen molar-refractivity contribution < 1.29 is 0 Å². The molecule has 1 heterocycles. The summed E-state index contributed by atoms with van der Waals surface area (Å²) in [6.07, 6.45) is 7.11. The monoisotopic (exact) mass is 254 g/mol. The van der Waals surface area contributed by atoms with Crippen molar-refractivity contribution in [2.45, 2.75) is 65.8 Å². The molecule has 1 aliphatic rings. The van der Waals surface area contributed by atoms with E-state index in [4.69, 9.17) is 0 Å². The van der Waals surface area contributed by atoms with Crippen molar-refractivity contribution in [3.05, 3.63) is 0 Å². The van der Waals surface area contributed by atoms with Gasteiger partial charge in [0.15, 0.2) is 0 Å². The molecule has 0 amide bonds. The summed E-state index contributed by atoms with van der Waals surface area (Å²) in [6.45, 7) is 14.3. The van der Waals surface area contributed by atoms with Crippen molar-refractivity contribution in [1.82, 2.24) is 10.2 Å². The number of hydrogen-bond donors (Lipinski definition) is 1. The van der Waals surface area contributed by atoms with Crippen LogP contribution in [0.2, 0.25) is 0 Å². The molecular formula is C16H34N2. The van der Waals surface area contributed by atoms with Crippen molar-refractivity contribution >= 4 is 0 Å². The van der Waals surface area contributed by atoms with Gasteiger partial charge < -0.3 is 5.32 Å². The molecule has 0 aliphatic carbocycles. The first-order valence-electron chi connectivity index (χ1n) is 8.06. The lowest BCUT2D eigenvalue weighted by Crippen LogP contribution is -2.47. The van der Waals surface area contributed by atoms with Gasteiger partial charge >= 0.3 is 0 Å². The Morgan fingerprint density at radius 2 is 1.39 bits per heavy atom. The zero-order valence-electron chi connectivity index (χ0n) is 13.0. The molecule has 1 saturated heterocycles. The number of rotatable bonds is 6. The SMILES string of the molecule is CC(C)CNCC(C(C)C)N1CCCCCCC1. The molecule has 1 rings (SSSR count). The molecule has 0 bridgehead atoms. The van der Waals surface area contributed by atoms with Crippen LogP contribution in [0.4, 0.5) is 0 Å². The van der Waals surface area contributed by atoms with Crippen LogP contribution in [0.5, 0.6) is 0 Å². The molecule has 0 saturated carbocycles. The molecule has 1 unspecified atom stereocenters. The molecule has 0 radical (unpaired) electrons. The van der Waals surface area contributed by atoms with Crippen LogP contribution in [0.25, 0.3) is 0 Å². The highest BCUT2D eigenvalue weighted by atomic mass is 15.2. The van der Waals surface area contributed by atoms with E-state index >= 15 is 0 Å². The Morgan fingerprint density at radius 1 is 0.833 bits per heavy atom. The molecule has 108 valence electrons. The second-order valence-corrected chi connectivity index (χ2v) is 6.67. The maximum absolute atomic E-state index is 3.66. The first-order chi connectivity index (χ1) is 8.61. The highest BCUT2D eigenvalue weighted by molar-refractivity contribution is 4.78. The first-order valence-corrected chi connectivity index (χ1v) is 8.06. The van der Waals surface area contributed by atoms with Gasteiger partial charge in [0.25, 0.3) is 0 Å². The van der Waals surface area contributed by atoms with E-state index in [1.807, 2.05) is 0 Å². The first kappa shape index (κ1) is 16.0. The van der Waals surface area contributed by atoms with Gasteiger partial charge in [-0.3, -0.25) is 4.90 Å². The van der Waals surface area contributed by atoms with E-state index in [9.17, 15) is 0 Å². The highest BCUT2D eigenvalue weighted by Crippen LogP contribution is 2.17. The van der Waals surface area contributed by atoms with Crippen LogP contribution in [0.1, 0.15) is 59.8 Å². The third kappa shape index (κ3) is 6.19. The second kappa shape index (κ2) is 8.92. The van der Waals surface area contributed by atoms with Crippen LogP contribution in [0, 0.1) is 11.8 Å². The van der Waals surface area contributed by atoms with E-state index in [0.717, 1.165) is 31.0 Å². The largest absolute Gasteiger partial charge is 0.315 e. The predicted molar refractivity (Wildman–Crippen MR) is 81.0 cm³/mol. The molecule has 1 fully saturated rings. The van der Waals surface area contributed by atoms with Gasteiger partial charge in [-0.1, -0.05) is 47.0 Å². The number of hydrogen-bond acceptors (Lipinski definition) is 2. The molecule has 0 aromatic carbocycles. The molecule has 2 heteroatoms. The van der Waals surface area contributed by atoms with Crippen molar-refractivity contribution in [3.8, 4) is 0 Å². The Labute approximate surface area is 115 Å². The van der Waals surface area contributed by atoms with Gasteiger partial charge in [-0.15, -0.1) is 0 Å². The van der Waals surface area contributed by atoms with Crippen LogP contribution >= 0.6 is 0 Å². The van der Waals surface area contributed by atoms with Gasteiger partial charge in [0.05, 0.1) is 0 Å². The van der Waals surface area contributed by atoms with Gasteiger partial charge in [0.2, 0.25) is 0 Å². The van der Waals surface area contributed by atoms with E-state index < -0.39 is 0 Å². The van der Waals surface area contributed by atoms with Crippen LogP contribution in [-0.2, 0) is 0 Å². The lowest BCUT2D eigenvalue weighted by atomic mass is 9.99. The summed E-state index contributed by atoms with van der Waals surface area (Å²) < 4.78 is 0. The van der Waals surface area contributed by atoms with Gasteiger partial charge in [0.1, 0.15) is 0 Å². The minimum Gasteiger partial charge on any atom is -0.315 e. The third-order valence-corrected chi connectivity index (χ3v) is 4.04. The fraction of sp³-hybridized carbons (Fsp3) is 1.00. The van der Waals surface area contributed by atoms with Crippen LogP contribution in [0.3, 0.4) is 0 Å². The standard InChI is InChI=1S/C16H34N2/c1-14(2)12-17-13-16(15(3)4)18-10-8-6-5-7-9-11-18/h14-17H,5-13H2,1-4H3. The third-order valence-electron chi connectivity index (χ3n) is 4.04. The Hall–Kier alpha value is -0.0800. The molecule has 1 aliphatic heterocycles. The minimum atomic E-state index is 0.724. The smallest absolute Gasteiger partial charge is 0.0243 e. The Balaban J connectivity index is 2.42. The summed E-state index contributed by atoms with van der Waals surface area (Å²) in [5, 5.41) is 3.66. The summed E-state index contributed by atoms with van der Waals surface area (Å²) in [5.41, 5.74) is 0. The maximum atomic E-state index is 3.66. The quantitative estimate of drug-likeness (QED) is 0.780. The summed E-state index contributed by atoms with van der Waals surface area (Å²) in [5.74, 6) is 1.51. The van der Waals surface area contributed by atoms with Crippen molar-refractivity contribution in [1.29, 1.82) is 0 Å². The van der Waals surface area contributed by atoms with Crippen molar-refractivity contribution in [2.75, 3.05) is 26.2 Å². The summed E-state index contributed by atoms with van der Waals surface area (Å²) >= 11 is 0. The number of nitrogens with one attached hydrogen (secondary N) is 1. The zero-order valence-corrected chi connectivity index (χ0v) is 13.0. The average Bonchev–Trinajstić information content (AvgIpc) is 2.24. The molecule has 2 nitrogen and oxygen atoms in total. The zero-order chi connectivity index (χ0) is 13.4. The highest BCUT2D eigenvalue weighted by Gasteiger charge is 2.21. The Kier molecular flexibility index (Phi) is 7.92. The minimum absolute atomic E-state index is 0.724. The molecule has 0 spiro atoms. The van der Waals surface area contributed by atoms with E-state index in [2.05, 4.69) is 37.9 Å². The number of likely N-dealkylation sites (tertiary alicyclic amines) is 1. The fourth-order valence-corrected chi connectivity index (χ4v) is 2.91. The normalized spacial score (nSPS) is 21.0. The number of nitrogens with zero attached hydrogens (tertiary/aromatic N) is 1. The average molecular weight is 254 g/mol. The lowest BCUT2D eigenvalue weighted by molar-refractivity contribution is 0.138. The summed E-state index contributed by atoms with van der Waals surface area (Å²) in [4.78, 5) is 2.75. The van der Waals surface area contributed by atoms with Gasteiger partial charge in [-0.05, 0) is 44.3 Å². The maximum Gasteiger partial charge on any atom is 0.0243 e. The Bertz CT molecular complexity index is 193. The van der Waals surface area contributed by atoms with E-state index in [0.29, 0.717) is 0 Å². The predicted octanol–water partition coefficient (Wildman–Crippen LogP) is 3.52. The van der Waals surface area contributed by atoms with Crippen LogP contribution in [-0.4, -0.2) is 37.1 Å². The fourth-order valence-electron chi connectivity index (χ4n) is 2.91. The van der Waals surface area contributed by atoms with Gasteiger partial charge in [-0.2, -0.15) is 0 Å². The lowest BCUT2D eigenvalue weighted by Gasteiger charge is -2.36. The molecule has 0 aromatic rings. The summed E-state index contributed by atoms with van der Waals surface area (Å²) in [6, 6.07) is 0.724. The topological polar surface area (TPSA) is 15.3 Å². The van der Waals surface area contributed by atoms with Crippen molar-refractivity contribution in [2.24, 2.45) is 11.8 Å². The van der Waals surface area contributed by atoms with E-state index in [1.54, 1.807) is 0 Å². The second-order valence-electron chi connectivity index (χ2n) is 6.67.